The zero-order chi connectivity index (χ0) is 48.6. The molecule has 308 valence electrons. The summed E-state index contributed by atoms with van der Waals surface area (Å²) in [6.45, 7) is 0. The van der Waals surface area contributed by atoms with Gasteiger partial charge in [-0.1, -0.05) is 200 Å². The van der Waals surface area contributed by atoms with Gasteiger partial charge in [0.15, 0.2) is 34.9 Å². The summed E-state index contributed by atoms with van der Waals surface area (Å²) in [5.41, 5.74) is 9.68. The predicted molar refractivity (Wildman–Crippen MR) is 264 cm³/mol. The molecule has 0 bridgehead atoms. The summed E-state index contributed by atoms with van der Waals surface area (Å²) in [5.74, 6) is 1.97. The first-order valence-electron chi connectivity index (χ1n) is 23.8. The molecule has 2 heterocycles. The van der Waals surface area contributed by atoms with Crippen molar-refractivity contribution in [1.82, 2.24) is 29.9 Å². The van der Waals surface area contributed by atoms with E-state index in [1.807, 2.05) is 182 Å². The molecule has 0 N–H and O–H groups in total. The van der Waals surface area contributed by atoms with Crippen LogP contribution in [0.25, 0.3) is 112 Å². The minimum Gasteiger partial charge on any atom is -0.208 e. The van der Waals surface area contributed by atoms with Crippen LogP contribution >= 0.6 is 0 Å². The number of nitrogens with zero attached hydrogens (tertiary/aromatic N) is 7. The highest BCUT2D eigenvalue weighted by molar-refractivity contribution is 6.00. The van der Waals surface area contributed by atoms with Gasteiger partial charge >= 0.3 is 0 Å². The van der Waals surface area contributed by atoms with E-state index in [4.69, 9.17) is 36.8 Å². The second-order valence-electron chi connectivity index (χ2n) is 15.4. The summed E-state index contributed by atoms with van der Waals surface area (Å²) >= 11 is 0. The van der Waals surface area contributed by atoms with Crippen LogP contribution in [-0.2, 0) is 0 Å². The Balaban J connectivity index is 1.05. The van der Waals surface area contributed by atoms with Gasteiger partial charge in [-0.25, -0.2) is 29.9 Å². The average Bonchev–Trinajstić information content (AvgIpc) is 3.44. The highest BCUT2D eigenvalue weighted by Gasteiger charge is 2.19. The normalized spacial score (nSPS) is 12.1. The molecule has 0 fully saturated rings. The summed E-state index contributed by atoms with van der Waals surface area (Å²) in [4.78, 5) is 29.7. The summed E-state index contributed by atoms with van der Waals surface area (Å²) in [6, 6.07) is 63.0. The minimum atomic E-state index is -0.504. The van der Waals surface area contributed by atoms with Crippen LogP contribution in [0.3, 0.4) is 0 Å². The molecule has 11 rings (SSSR count). The maximum atomic E-state index is 9.84. The number of rotatable bonds is 9. The largest absolute Gasteiger partial charge is 0.208 e. The molecule has 0 aliphatic rings. The zero-order valence-electron chi connectivity index (χ0n) is 40.1. The number of fused-ring (bicyclic) bond motifs is 1. The molecule has 0 spiro atoms. The summed E-state index contributed by atoms with van der Waals surface area (Å²) in [7, 11) is 0. The molecular formula is C59H37N7. The van der Waals surface area contributed by atoms with Gasteiger partial charge in [-0.05, 0) is 63.0 Å². The second-order valence-corrected chi connectivity index (χ2v) is 15.4. The van der Waals surface area contributed by atoms with Gasteiger partial charge in [0.2, 0.25) is 0 Å². The minimum absolute atomic E-state index is 0.0464. The van der Waals surface area contributed by atoms with Crippen LogP contribution in [0.15, 0.2) is 224 Å². The van der Waals surface area contributed by atoms with Gasteiger partial charge in [-0.2, -0.15) is 5.26 Å². The molecule has 0 saturated carbocycles. The molecular weight excluding hydrogens is 807 g/mol. The molecule has 0 aliphatic heterocycles. The van der Waals surface area contributed by atoms with Crippen molar-refractivity contribution in [2.75, 3.05) is 0 Å². The molecule has 0 unspecified atom stereocenters. The Morgan fingerprint density at radius 3 is 1.38 bits per heavy atom. The highest BCUT2D eigenvalue weighted by Crippen LogP contribution is 2.38. The smallest absolute Gasteiger partial charge is 0.164 e. The molecule has 7 nitrogen and oxygen atoms in total. The lowest BCUT2D eigenvalue weighted by Crippen LogP contribution is -2.01. The van der Waals surface area contributed by atoms with Gasteiger partial charge in [0.25, 0.3) is 0 Å². The number of aromatic nitrogens is 6. The fourth-order valence-electron chi connectivity index (χ4n) is 8.10. The quantitative estimate of drug-likeness (QED) is 0.143. The van der Waals surface area contributed by atoms with Crippen molar-refractivity contribution in [3.05, 3.63) is 230 Å². The topological polar surface area (TPSA) is 101 Å². The Bertz CT molecular complexity index is 3860. The van der Waals surface area contributed by atoms with Gasteiger partial charge in [0.1, 0.15) is 0 Å². The van der Waals surface area contributed by atoms with Crippen LogP contribution in [0.1, 0.15) is 12.4 Å². The van der Waals surface area contributed by atoms with Crippen molar-refractivity contribution in [3.63, 3.8) is 0 Å². The highest BCUT2D eigenvalue weighted by atomic mass is 15.0. The summed E-state index contributed by atoms with van der Waals surface area (Å²) in [5, 5.41) is 11.7. The van der Waals surface area contributed by atoms with Gasteiger partial charge in [-0.15, -0.1) is 0 Å². The number of nitriles is 1. The van der Waals surface area contributed by atoms with Gasteiger partial charge < -0.3 is 0 Å². The van der Waals surface area contributed by atoms with Crippen molar-refractivity contribution < 1.29 is 6.85 Å². The molecule has 0 amide bonds. The third kappa shape index (κ3) is 7.87. The van der Waals surface area contributed by atoms with Gasteiger partial charge in [-0.3, -0.25) is 0 Å². The van der Waals surface area contributed by atoms with E-state index in [-0.39, 0.29) is 23.0 Å². The second kappa shape index (κ2) is 17.5. The van der Waals surface area contributed by atoms with Crippen molar-refractivity contribution in [3.8, 4) is 108 Å². The lowest BCUT2D eigenvalue weighted by molar-refractivity contribution is 1.07. The first-order chi connectivity index (χ1) is 34.7. The SMILES string of the molecule is [2H]c1c([2H])c([2H])c(-c2nc(-c3ccccc3)nc(-c3ccc(-c4ccccc4)cc3-c3ccc(-c4nc(-c5ccccc5)nc(-c5cccc(-c6ccc(C#N)c7ccccc67)c5)n4)cc3)n2)c([2H])c1[2H]. The van der Waals surface area contributed by atoms with Crippen LogP contribution in [-0.4, -0.2) is 29.9 Å². The van der Waals surface area contributed by atoms with Gasteiger partial charge in [0.05, 0.1) is 18.5 Å². The van der Waals surface area contributed by atoms with Crippen molar-refractivity contribution in [1.29, 1.82) is 5.26 Å². The fraction of sp³-hybridized carbons (Fsp3) is 0. The standard InChI is InChI=1S/C59H37N7/c60-38-48-33-34-50(51-27-14-13-26-49(48)51)46-24-15-25-47(36-46)58-63-54(41-18-7-2-8-19-41)61-57(64-58)44-30-28-40(29-31-44)53-37-45(39-16-5-1-6-17-39)32-35-52(53)59-65-55(42-20-9-3-10-21-42)62-56(66-59)43-22-11-4-12-23-43/h1-37H/i3D,9D,10D,20D,21D. The van der Waals surface area contributed by atoms with E-state index in [9.17, 15) is 5.26 Å². The van der Waals surface area contributed by atoms with E-state index in [0.717, 1.165) is 60.8 Å². The maximum absolute atomic E-state index is 9.84. The summed E-state index contributed by atoms with van der Waals surface area (Å²) in [6.07, 6.45) is 0. The molecule has 0 atom stereocenters. The van der Waals surface area contributed by atoms with E-state index in [1.165, 1.54) is 0 Å². The van der Waals surface area contributed by atoms with Crippen molar-refractivity contribution in [2.24, 2.45) is 0 Å². The van der Waals surface area contributed by atoms with E-state index in [1.54, 1.807) is 0 Å². The van der Waals surface area contributed by atoms with Crippen molar-refractivity contribution >= 4 is 10.8 Å². The Morgan fingerprint density at radius 1 is 0.303 bits per heavy atom. The maximum Gasteiger partial charge on any atom is 0.164 e. The van der Waals surface area contributed by atoms with E-state index in [0.29, 0.717) is 34.2 Å². The van der Waals surface area contributed by atoms with Crippen LogP contribution in [0.4, 0.5) is 0 Å². The Labute approximate surface area is 389 Å². The molecule has 11 aromatic rings. The van der Waals surface area contributed by atoms with Crippen molar-refractivity contribution in [2.45, 2.75) is 0 Å². The number of benzene rings is 9. The molecule has 7 heteroatoms. The Morgan fingerprint density at radius 2 is 0.758 bits per heavy atom. The van der Waals surface area contributed by atoms with Crippen LogP contribution in [0.5, 0.6) is 0 Å². The van der Waals surface area contributed by atoms with Crippen LogP contribution < -0.4 is 0 Å². The molecule has 66 heavy (non-hydrogen) atoms. The van der Waals surface area contributed by atoms with Crippen LogP contribution in [0.2, 0.25) is 0 Å². The lowest BCUT2D eigenvalue weighted by atomic mass is 9.93. The number of hydrogen-bond donors (Lipinski definition) is 0. The van der Waals surface area contributed by atoms with Crippen LogP contribution in [0, 0.1) is 11.3 Å². The molecule has 0 aliphatic carbocycles. The first-order valence-corrected chi connectivity index (χ1v) is 21.3. The molecule has 0 saturated heterocycles. The first kappa shape index (κ1) is 34.3. The fourth-order valence-corrected chi connectivity index (χ4v) is 8.10. The predicted octanol–water partition coefficient (Wildman–Crippen LogP) is 14.1. The zero-order valence-corrected chi connectivity index (χ0v) is 35.1. The lowest BCUT2D eigenvalue weighted by Gasteiger charge is -2.15. The Kier molecular flexibility index (Phi) is 9.08. The Hall–Kier alpha value is -9.25. The van der Waals surface area contributed by atoms with Gasteiger partial charge in [0, 0.05) is 38.8 Å². The molecule has 2 aromatic heterocycles. The third-order valence-electron chi connectivity index (χ3n) is 11.4. The molecule has 9 aromatic carbocycles. The summed E-state index contributed by atoms with van der Waals surface area (Å²) < 4.78 is 42.8. The van der Waals surface area contributed by atoms with E-state index >= 15 is 0 Å². The third-order valence-corrected chi connectivity index (χ3v) is 11.4. The van der Waals surface area contributed by atoms with E-state index < -0.39 is 30.2 Å². The molecule has 0 radical (unpaired) electrons. The number of hydrogen-bond acceptors (Lipinski definition) is 7. The van der Waals surface area contributed by atoms with E-state index in [2.05, 4.69) is 18.2 Å². The average molecular weight is 849 g/mol. The monoisotopic (exact) mass is 848 g/mol.